The van der Waals surface area contributed by atoms with Crippen LogP contribution in [0.5, 0.6) is 0 Å². The van der Waals surface area contributed by atoms with Gasteiger partial charge in [0.1, 0.15) is 49.3 Å². The number of aliphatic imine (C=N–C) groups is 2. The van der Waals surface area contributed by atoms with Crippen LogP contribution in [0.1, 0.15) is 64.7 Å². The van der Waals surface area contributed by atoms with E-state index in [2.05, 4.69) is 47.2 Å². The maximum atomic E-state index is 13.4. The maximum absolute atomic E-state index is 13.4. The Morgan fingerprint density at radius 1 is 0.615 bits per heavy atom. The molecule has 0 bridgehead atoms. The number of carbonyl (C=O) groups is 12. The molecule has 30 heteroatoms. The summed E-state index contributed by atoms with van der Waals surface area (Å²) in [5.41, 5.74) is 26.3. The van der Waals surface area contributed by atoms with Crippen LogP contribution < -0.4 is 65.9 Å². The zero-order valence-electron chi connectivity index (χ0n) is 35.3. The van der Waals surface area contributed by atoms with Crippen molar-refractivity contribution in [2.24, 2.45) is 38.7 Å². The Kier molecular flexibility index (Phi) is 21.3. The van der Waals surface area contributed by atoms with E-state index in [9.17, 15) is 67.7 Å². The van der Waals surface area contributed by atoms with Gasteiger partial charge in [-0.1, -0.05) is 0 Å². The molecule has 4 unspecified atom stereocenters. The molecule has 0 aromatic carbocycles. The molecule has 65 heavy (non-hydrogen) atoms. The smallest absolute Gasteiger partial charge is 0.325 e. The molecule has 2 rings (SSSR count). The lowest BCUT2D eigenvalue weighted by molar-refractivity contribution is -0.141. The molecule has 2 heterocycles. The molecule has 2 aliphatic heterocycles. The number of carbonyl (C=O) groups excluding carboxylic acids is 10. The summed E-state index contributed by atoms with van der Waals surface area (Å²) in [7, 11) is 0. The number of nitrogens with two attached hydrogens (primary N) is 5. The summed E-state index contributed by atoms with van der Waals surface area (Å²) in [6.07, 6.45) is -1.18. The third-order valence-electron chi connectivity index (χ3n) is 9.41. The summed E-state index contributed by atoms with van der Waals surface area (Å²) in [5, 5.41) is 35.0. The van der Waals surface area contributed by atoms with Gasteiger partial charge in [0.25, 0.3) is 11.8 Å². The Morgan fingerprint density at radius 3 is 1.46 bits per heavy atom. The van der Waals surface area contributed by atoms with Gasteiger partial charge in [-0.25, -0.2) is 9.59 Å². The summed E-state index contributed by atoms with van der Waals surface area (Å²) < 4.78 is 0. The first kappa shape index (κ1) is 53.3. The van der Waals surface area contributed by atoms with Gasteiger partial charge in [-0.3, -0.25) is 67.7 Å². The summed E-state index contributed by atoms with van der Waals surface area (Å²) in [6, 6.07) is -10.0. The fraction of sp³-hybridized carbons (Fsp3) is 0.600. The fourth-order valence-corrected chi connectivity index (χ4v) is 6.12. The highest BCUT2D eigenvalue weighted by atomic mass is 16.4. The van der Waals surface area contributed by atoms with Crippen molar-refractivity contribution in [3.8, 4) is 0 Å². The Bertz CT molecular complexity index is 1900. The van der Waals surface area contributed by atoms with Gasteiger partial charge < -0.3 is 76.1 Å². The van der Waals surface area contributed by atoms with Gasteiger partial charge in [-0.15, -0.1) is 0 Å². The van der Waals surface area contributed by atoms with Crippen molar-refractivity contribution in [2.75, 3.05) is 32.7 Å². The van der Waals surface area contributed by atoms with E-state index in [0.717, 1.165) is 0 Å². The van der Waals surface area contributed by atoms with Crippen molar-refractivity contribution in [3.05, 3.63) is 0 Å². The minimum Gasteiger partial charge on any atom is -0.481 e. The summed E-state index contributed by atoms with van der Waals surface area (Å²) >= 11 is 0. The maximum Gasteiger partial charge on any atom is 0.325 e. The van der Waals surface area contributed by atoms with Gasteiger partial charge in [-0.05, 0) is 51.9 Å². The number of hydrogen-bond donors (Lipinski definition) is 14. The average Bonchev–Trinajstić information content (AvgIpc) is 3.62. The predicted molar refractivity (Wildman–Crippen MR) is 222 cm³/mol. The first-order chi connectivity index (χ1) is 30.5. The SMILES string of the molecule is C[C@H](NC(=O)[C@H](CCCCNC(=O)C(CC(=O)O)NC(=O)CN1C(=O)NC(CCCN=C(N)N)C1=O)NC(=O)C(CC(=O)O)NC(=O)CN1C(=O)NC(CCCN=C(N)N)C1=O)C(N)=O. The second-order valence-corrected chi connectivity index (χ2v) is 14.7. The van der Waals surface area contributed by atoms with Crippen LogP contribution >= 0.6 is 0 Å². The molecule has 0 radical (unpaired) electrons. The van der Waals surface area contributed by atoms with Crippen LogP contribution in [-0.4, -0.2) is 172 Å². The lowest BCUT2D eigenvalue weighted by Gasteiger charge is -2.24. The number of imide groups is 2. The number of urea groups is 2. The molecular weight excluding hydrogens is 868 g/mol. The lowest BCUT2D eigenvalue weighted by Crippen LogP contribution is -2.57. The minimum absolute atomic E-state index is 0.0219. The van der Waals surface area contributed by atoms with Gasteiger partial charge >= 0.3 is 24.0 Å². The molecule has 6 atom stereocenters. The minimum atomic E-state index is -1.85. The van der Waals surface area contributed by atoms with E-state index in [0.29, 0.717) is 22.6 Å². The van der Waals surface area contributed by atoms with E-state index >= 15 is 0 Å². The van der Waals surface area contributed by atoms with E-state index in [4.69, 9.17) is 28.7 Å². The molecular formula is C35H56N16O14. The standard InChI is InChI=1S/C35H56N16O14/c1-16(26(36)58)44-28(60)17(47-29(61)21(13-25(56)57)46-23(53)15-51-31(63)19(49-35(51)65)8-5-11-43-33(39)40)6-2-3-9-41-27(59)20(12-24(54)55)45-22(52)14-50-30(62)18(48-34(50)64)7-4-10-42-32(37)38/h16-21H,2-15H2,1H3,(H2,36,58)(H,41,59)(H,44,60)(H,45,52)(H,46,53)(H,47,61)(H,48,64)(H,49,65)(H,54,55)(H,56,57)(H4,37,38,42)(H4,39,40,43)/t16-,17-,18?,19?,20?,21?/m0/s1. The van der Waals surface area contributed by atoms with Crippen molar-refractivity contribution in [1.29, 1.82) is 0 Å². The summed E-state index contributed by atoms with van der Waals surface area (Å²) in [6.45, 7) is -0.346. The van der Waals surface area contributed by atoms with Crippen LogP contribution in [0.3, 0.4) is 0 Å². The zero-order chi connectivity index (χ0) is 49.0. The number of nitrogens with zero attached hydrogens (tertiary/aromatic N) is 4. The molecule has 0 aromatic heterocycles. The van der Waals surface area contributed by atoms with E-state index in [-0.39, 0.29) is 63.7 Å². The van der Waals surface area contributed by atoms with Crippen molar-refractivity contribution < 1.29 is 67.7 Å². The number of guanidine groups is 2. The first-order valence-corrected chi connectivity index (χ1v) is 20.0. The zero-order valence-corrected chi connectivity index (χ0v) is 35.3. The van der Waals surface area contributed by atoms with Crippen LogP contribution in [0.25, 0.3) is 0 Å². The highest BCUT2D eigenvalue weighted by Crippen LogP contribution is 2.13. The van der Waals surface area contributed by atoms with Crippen LogP contribution in [0.15, 0.2) is 9.98 Å². The molecule has 30 nitrogen and oxygen atoms in total. The average molecular weight is 925 g/mol. The second-order valence-electron chi connectivity index (χ2n) is 14.7. The van der Waals surface area contributed by atoms with Crippen LogP contribution in [0.2, 0.25) is 0 Å². The largest absolute Gasteiger partial charge is 0.481 e. The Morgan fingerprint density at radius 2 is 1.05 bits per heavy atom. The molecule has 2 aliphatic rings. The molecule has 12 amide bonds. The number of amides is 12. The molecule has 19 N–H and O–H groups in total. The van der Waals surface area contributed by atoms with Gasteiger partial charge in [0.05, 0.1) is 12.8 Å². The highest BCUT2D eigenvalue weighted by Gasteiger charge is 2.40. The van der Waals surface area contributed by atoms with Gasteiger partial charge in [0.2, 0.25) is 35.4 Å². The third-order valence-corrected chi connectivity index (χ3v) is 9.41. The number of rotatable bonds is 29. The molecule has 360 valence electrons. The van der Waals surface area contributed by atoms with Crippen molar-refractivity contribution in [3.63, 3.8) is 0 Å². The van der Waals surface area contributed by atoms with E-state index in [1.165, 1.54) is 6.92 Å². The number of carboxylic acid groups (broad SMARTS) is 2. The van der Waals surface area contributed by atoms with Crippen LogP contribution in [0.4, 0.5) is 9.59 Å². The number of primary amides is 1. The van der Waals surface area contributed by atoms with Gasteiger partial charge in [-0.2, -0.15) is 0 Å². The predicted octanol–water partition coefficient (Wildman–Crippen LogP) is -7.39. The van der Waals surface area contributed by atoms with Crippen molar-refractivity contribution >= 4 is 83.2 Å². The number of hydrogen-bond acceptors (Lipinski definition) is 14. The summed E-state index contributed by atoms with van der Waals surface area (Å²) in [4.78, 5) is 159. The van der Waals surface area contributed by atoms with Gasteiger partial charge in [0, 0.05) is 19.6 Å². The molecule has 0 aliphatic carbocycles. The first-order valence-electron chi connectivity index (χ1n) is 20.0. The lowest BCUT2D eigenvalue weighted by atomic mass is 10.1. The highest BCUT2D eigenvalue weighted by molar-refractivity contribution is 6.08. The van der Waals surface area contributed by atoms with Crippen LogP contribution in [0, 0.1) is 0 Å². The second kappa shape index (κ2) is 26.0. The normalized spacial score (nSPS) is 17.3. The molecule has 0 aromatic rings. The van der Waals surface area contributed by atoms with E-state index < -0.39 is 133 Å². The third kappa shape index (κ3) is 18.6. The Hall–Kier alpha value is -7.82. The number of carboxylic acids is 2. The molecule has 2 fully saturated rings. The monoisotopic (exact) mass is 924 g/mol. The molecule has 2 saturated heterocycles. The number of nitrogens with one attached hydrogen (secondary N) is 7. The number of aliphatic carboxylic acids is 2. The molecule has 0 saturated carbocycles. The van der Waals surface area contributed by atoms with Crippen LogP contribution in [-0.2, 0) is 47.9 Å². The Labute approximate surface area is 370 Å². The fourth-order valence-electron chi connectivity index (χ4n) is 6.12. The van der Waals surface area contributed by atoms with Crippen molar-refractivity contribution in [1.82, 2.24) is 47.0 Å². The topological polar surface area (TPSA) is 491 Å². The number of unbranched alkanes of at least 4 members (excludes halogenated alkanes) is 1. The van der Waals surface area contributed by atoms with E-state index in [1.54, 1.807) is 0 Å². The van der Waals surface area contributed by atoms with Gasteiger partial charge in [0.15, 0.2) is 11.9 Å². The summed E-state index contributed by atoms with van der Waals surface area (Å²) in [5.74, 6) is -11.1. The molecule has 0 spiro atoms. The van der Waals surface area contributed by atoms with E-state index in [1.807, 2.05) is 0 Å². The van der Waals surface area contributed by atoms with Crippen molar-refractivity contribution in [2.45, 2.75) is 101 Å². The Balaban J connectivity index is 2.03. The quantitative estimate of drug-likeness (QED) is 0.0143.